The average Bonchev–Trinajstić information content (AvgIpc) is 3.02. The van der Waals surface area contributed by atoms with Gasteiger partial charge in [-0.2, -0.15) is 0 Å². The molecule has 4 atom stereocenters. The molecule has 1 heterocycles. The molecule has 2 saturated carbocycles. The van der Waals surface area contributed by atoms with Crippen molar-refractivity contribution in [2.24, 2.45) is 11.8 Å². The molecule has 4 heteroatoms. The highest BCUT2D eigenvalue weighted by atomic mass is 79.9. The van der Waals surface area contributed by atoms with Crippen LogP contribution in [0, 0.1) is 11.8 Å². The van der Waals surface area contributed by atoms with E-state index in [1.165, 1.54) is 35.7 Å². The fourth-order valence-electron chi connectivity index (χ4n) is 3.24. The van der Waals surface area contributed by atoms with Crippen LogP contribution in [0.4, 0.5) is 0 Å². The number of hydrogen-bond acceptors (Lipinski definition) is 3. The van der Waals surface area contributed by atoms with Crippen LogP contribution in [-0.2, 0) is 0 Å². The van der Waals surface area contributed by atoms with Gasteiger partial charge >= 0.3 is 0 Å². The Bertz CT molecular complexity index is 379. The summed E-state index contributed by atoms with van der Waals surface area (Å²) in [7, 11) is 0. The fourth-order valence-corrected chi connectivity index (χ4v) is 4.73. The van der Waals surface area contributed by atoms with Crippen LogP contribution in [0.2, 0.25) is 0 Å². The molecule has 0 saturated heterocycles. The maximum absolute atomic E-state index is 4.42. The molecule has 2 aliphatic carbocycles. The van der Waals surface area contributed by atoms with Crippen molar-refractivity contribution in [3.63, 3.8) is 0 Å². The first-order chi connectivity index (χ1) is 7.78. The summed E-state index contributed by atoms with van der Waals surface area (Å²) < 4.78 is 0. The second-order valence-corrected chi connectivity index (χ2v) is 7.28. The summed E-state index contributed by atoms with van der Waals surface area (Å²) in [5, 5.41) is 11.2. The number of hydrogen-bond donors (Lipinski definition) is 0. The van der Waals surface area contributed by atoms with Crippen LogP contribution in [0.15, 0.2) is 0 Å². The lowest BCUT2D eigenvalue weighted by Gasteiger charge is -2.18. The number of rotatable bonds is 3. The quantitative estimate of drug-likeness (QED) is 0.778. The molecule has 1 aromatic heterocycles. The van der Waals surface area contributed by atoms with Gasteiger partial charge in [-0.05, 0) is 37.5 Å². The zero-order valence-corrected chi connectivity index (χ0v) is 11.9. The largest absolute Gasteiger partial charge is 0.143 e. The zero-order chi connectivity index (χ0) is 11.1. The number of fused-ring (bicyclic) bond motifs is 2. The molecule has 2 bridgehead atoms. The van der Waals surface area contributed by atoms with Crippen LogP contribution in [-0.4, -0.2) is 10.2 Å². The van der Waals surface area contributed by atoms with Gasteiger partial charge in [-0.15, -0.1) is 21.5 Å². The van der Waals surface area contributed by atoms with Gasteiger partial charge in [0.15, 0.2) is 0 Å². The first-order valence-corrected chi connectivity index (χ1v) is 7.98. The zero-order valence-electron chi connectivity index (χ0n) is 9.53. The van der Waals surface area contributed by atoms with E-state index in [-0.39, 0.29) is 0 Å². The molecule has 2 aliphatic rings. The lowest BCUT2D eigenvalue weighted by Crippen LogP contribution is -2.07. The van der Waals surface area contributed by atoms with Gasteiger partial charge in [0.1, 0.15) is 10.0 Å². The molecule has 0 aromatic carbocycles. The van der Waals surface area contributed by atoms with Crippen molar-refractivity contribution in [1.82, 2.24) is 10.2 Å². The second-order valence-electron chi connectivity index (χ2n) is 5.14. The molecule has 2 nitrogen and oxygen atoms in total. The van der Waals surface area contributed by atoms with E-state index < -0.39 is 0 Å². The standard InChI is InChI=1S/C12H17BrN2S/c1-2-10(13)12-15-14-11(16-12)9-6-7-3-4-8(9)5-7/h7-10H,2-6H2,1H3. The molecule has 2 fully saturated rings. The summed E-state index contributed by atoms with van der Waals surface area (Å²) in [6, 6.07) is 0. The Balaban J connectivity index is 1.77. The Morgan fingerprint density at radius 3 is 2.88 bits per heavy atom. The molecule has 16 heavy (non-hydrogen) atoms. The summed E-state index contributed by atoms with van der Waals surface area (Å²) in [5.41, 5.74) is 0. The topological polar surface area (TPSA) is 25.8 Å². The molecule has 0 aliphatic heterocycles. The molecule has 4 unspecified atom stereocenters. The van der Waals surface area contributed by atoms with E-state index in [2.05, 4.69) is 33.1 Å². The molecule has 0 N–H and O–H groups in total. The van der Waals surface area contributed by atoms with E-state index >= 15 is 0 Å². The van der Waals surface area contributed by atoms with E-state index in [4.69, 9.17) is 0 Å². The van der Waals surface area contributed by atoms with Crippen molar-refractivity contribution in [3.8, 4) is 0 Å². The number of halogens is 1. The minimum absolute atomic E-state index is 0.400. The lowest BCUT2D eigenvalue weighted by atomic mass is 9.89. The van der Waals surface area contributed by atoms with Crippen molar-refractivity contribution >= 4 is 27.3 Å². The Morgan fingerprint density at radius 1 is 1.38 bits per heavy atom. The summed E-state index contributed by atoms with van der Waals surface area (Å²) in [6.45, 7) is 2.18. The monoisotopic (exact) mass is 300 g/mol. The molecule has 88 valence electrons. The van der Waals surface area contributed by atoms with Crippen LogP contribution in [0.5, 0.6) is 0 Å². The first kappa shape index (κ1) is 11.1. The van der Waals surface area contributed by atoms with Crippen molar-refractivity contribution < 1.29 is 0 Å². The third kappa shape index (κ3) is 1.84. The van der Waals surface area contributed by atoms with Crippen molar-refractivity contribution in [1.29, 1.82) is 0 Å². The highest BCUT2D eigenvalue weighted by Gasteiger charge is 2.41. The Labute approximate surface area is 109 Å². The first-order valence-electron chi connectivity index (χ1n) is 6.25. The molecular weight excluding hydrogens is 284 g/mol. The Kier molecular flexibility index (Phi) is 3.05. The third-order valence-electron chi connectivity index (χ3n) is 4.14. The Hall–Kier alpha value is 0.0400. The maximum Gasteiger partial charge on any atom is 0.131 e. The van der Waals surface area contributed by atoms with Gasteiger partial charge in [0.05, 0.1) is 4.83 Å². The average molecular weight is 301 g/mol. The SMILES string of the molecule is CCC(Br)c1nnc(C2CC3CCC2C3)s1. The van der Waals surface area contributed by atoms with Gasteiger partial charge in [-0.3, -0.25) is 0 Å². The highest BCUT2D eigenvalue weighted by Crippen LogP contribution is 2.53. The van der Waals surface area contributed by atoms with E-state index in [0.717, 1.165) is 24.2 Å². The van der Waals surface area contributed by atoms with Crippen LogP contribution in [0.1, 0.15) is 59.8 Å². The minimum Gasteiger partial charge on any atom is -0.143 e. The number of aromatic nitrogens is 2. The summed E-state index contributed by atoms with van der Waals surface area (Å²) in [6.07, 6.45) is 6.80. The summed E-state index contributed by atoms with van der Waals surface area (Å²) >= 11 is 5.49. The van der Waals surface area contributed by atoms with E-state index in [9.17, 15) is 0 Å². The third-order valence-corrected chi connectivity index (χ3v) is 6.69. The smallest absolute Gasteiger partial charge is 0.131 e. The summed E-state index contributed by atoms with van der Waals surface area (Å²) in [5.74, 6) is 2.65. The van der Waals surface area contributed by atoms with Crippen molar-refractivity contribution in [2.75, 3.05) is 0 Å². The lowest BCUT2D eigenvalue weighted by molar-refractivity contribution is 0.417. The van der Waals surface area contributed by atoms with Gasteiger partial charge in [-0.25, -0.2) is 0 Å². The normalized spacial score (nSPS) is 34.5. The predicted molar refractivity (Wildman–Crippen MR) is 70.1 cm³/mol. The van der Waals surface area contributed by atoms with Gasteiger partial charge in [-0.1, -0.05) is 29.3 Å². The molecule has 0 amide bonds. The van der Waals surface area contributed by atoms with E-state index in [0.29, 0.717) is 4.83 Å². The molecular formula is C12H17BrN2S. The fraction of sp³-hybridized carbons (Fsp3) is 0.833. The number of nitrogens with zero attached hydrogens (tertiary/aromatic N) is 2. The van der Waals surface area contributed by atoms with E-state index in [1.54, 1.807) is 0 Å². The van der Waals surface area contributed by atoms with Gasteiger partial charge < -0.3 is 0 Å². The number of alkyl halides is 1. The van der Waals surface area contributed by atoms with Gasteiger partial charge in [0.25, 0.3) is 0 Å². The maximum atomic E-state index is 4.42. The molecule has 1 aromatic rings. The van der Waals surface area contributed by atoms with Crippen molar-refractivity contribution in [2.45, 2.75) is 49.8 Å². The second kappa shape index (κ2) is 4.37. The van der Waals surface area contributed by atoms with Gasteiger partial charge in [0.2, 0.25) is 0 Å². The highest BCUT2D eigenvalue weighted by molar-refractivity contribution is 9.09. The van der Waals surface area contributed by atoms with Crippen LogP contribution in [0.3, 0.4) is 0 Å². The summed E-state index contributed by atoms with van der Waals surface area (Å²) in [4.78, 5) is 0.400. The van der Waals surface area contributed by atoms with E-state index in [1.807, 2.05) is 11.3 Å². The molecule has 3 rings (SSSR count). The van der Waals surface area contributed by atoms with Crippen LogP contribution < -0.4 is 0 Å². The Morgan fingerprint density at radius 2 is 2.25 bits per heavy atom. The molecule has 0 spiro atoms. The minimum atomic E-state index is 0.400. The van der Waals surface area contributed by atoms with Crippen LogP contribution in [0.25, 0.3) is 0 Å². The van der Waals surface area contributed by atoms with Gasteiger partial charge in [0, 0.05) is 5.92 Å². The molecule has 0 radical (unpaired) electrons. The predicted octanol–water partition coefficient (Wildman–Crippen LogP) is 4.29. The van der Waals surface area contributed by atoms with Crippen molar-refractivity contribution in [3.05, 3.63) is 10.0 Å². The van der Waals surface area contributed by atoms with Crippen LogP contribution >= 0.6 is 27.3 Å².